The first kappa shape index (κ1) is 19.4. The maximum atomic E-state index is 12.7. The summed E-state index contributed by atoms with van der Waals surface area (Å²) >= 11 is 0. The minimum Gasteiger partial charge on any atom is -0.348 e. The van der Waals surface area contributed by atoms with Crippen molar-refractivity contribution in [3.05, 3.63) is 84.2 Å². The van der Waals surface area contributed by atoms with Gasteiger partial charge in [0.15, 0.2) is 0 Å². The number of nitrogens with one attached hydrogen (secondary N) is 1. The molecule has 1 N–H and O–H groups in total. The van der Waals surface area contributed by atoms with Crippen molar-refractivity contribution in [3.8, 4) is 5.69 Å². The summed E-state index contributed by atoms with van der Waals surface area (Å²) in [7, 11) is 0. The van der Waals surface area contributed by atoms with E-state index in [4.69, 9.17) is 0 Å². The number of hydrogen-bond donors (Lipinski definition) is 1. The van der Waals surface area contributed by atoms with Crippen LogP contribution in [0.2, 0.25) is 0 Å². The van der Waals surface area contributed by atoms with Crippen LogP contribution >= 0.6 is 0 Å². The molecule has 29 heavy (non-hydrogen) atoms. The highest BCUT2D eigenvalue weighted by Crippen LogP contribution is 2.18. The summed E-state index contributed by atoms with van der Waals surface area (Å²) in [6, 6.07) is 20.4. The van der Waals surface area contributed by atoms with Crippen molar-refractivity contribution >= 4 is 5.91 Å². The van der Waals surface area contributed by atoms with E-state index in [0.29, 0.717) is 12.8 Å². The zero-order valence-electron chi connectivity index (χ0n) is 16.7. The summed E-state index contributed by atoms with van der Waals surface area (Å²) < 4.78 is 1.85. The quantitative estimate of drug-likeness (QED) is 0.639. The fourth-order valence-electron chi connectivity index (χ4n) is 3.88. The Bertz CT molecular complexity index is 901. The zero-order chi connectivity index (χ0) is 19.9. The van der Waals surface area contributed by atoms with Gasteiger partial charge in [-0.1, -0.05) is 48.5 Å². The van der Waals surface area contributed by atoms with Crippen LogP contribution in [0.25, 0.3) is 5.69 Å². The van der Waals surface area contributed by atoms with Gasteiger partial charge in [-0.3, -0.25) is 4.79 Å². The molecule has 3 aromatic rings. The number of aromatic nitrogens is 2. The SMILES string of the molecule is O=C(CCc1cnn(-c2ccccc2)c1)NC(CN1CCCC1)c1ccccc1. The smallest absolute Gasteiger partial charge is 0.220 e. The molecule has 4 rings (SSSR count). The maximum absolute atomic E-state index is 12.7. The highest BCUT2D eigenvalue weighted by molar-refractivity contribution is 5.76. The van der Waals surface area contributed by atoms with Crippen LogP contribution in [-0.4, -0.2) is 40.2 Å². The van der Waals surface area contributed by atoms with Gasteiger partial charge in [0.1, 0.15) is 0 Å². The van der Waals surface area contributed by atoms with Crippen LogP contribution in [0, 0.1) is 0 Å². The van der Waals surface area contributed by atoms with Crippen molar-refractivity contribution in [2.45, 2.75) is 31.7 Å². The minimum atomic E-state index is 0.0360. The third-order valence-corrected chi connectivity index (χ3v) is 5.47. The van der Waals surface area contributed by atoms with Gasteiger partial charge in [0.25, 0.3) is 0 Å². The molecule has 2 aromatic carbocycles. The predicted molar refractivity (Wildman–Crippen MR) is 115 cm³/mol. The lowest BCUT2D eigenvalue weighted by Gasteiger charge is -2.25. The fraction of sp³-hybridized carbons (Fsp3) is 0.333. The van der Waals surface area contributed by atoms with E-state index in [1.165, 1.54) is 18.4 Å². The Hall–Kier alpha value is -2.92. The van der Waals surface area contributed by atoms with Gasteiger partial charge >= 0.3 is 0 Å². The molecular formula is C24H28N4O. The molecule has 0 saturated carbocycles. The van der Waals surface area contributed by atoms with Gasteiger partial charge in [-0.25, -0.2) is 4.68 Å². The molecule has 0 spiro atoms. The summed E-state index contributed by atoms with van der Waals surface area (Å²) in [4.78, 5) is 15.1. The van der Waals surface area contributed by atoms with Gasteiger partial charge in [-0.05, 0) is 55.6 Å². The second-order valence-electron chi connectivity index (χ2n) is 7.67. The second-order valence-corrected chi connectivity index (χ2v) is 7.67. The fourth-order valence-corrected chi connectivity index (χ4v) is 3.88. The summed E-state index contributed by atoms with van der Waals surface area (Å²) in [6.45, 7) is 3.12. The molecule has 2 heterocycles. The van der Waals surface area contributed by atoms with Crippen molar-refractivity contribution in [3.63, 3.8) is 0 Å². The number of amides is 1. The zero-order valence-corrected chi connectivity index (χ0v) is 16.7. The Morgan fingerprint density at radius 2 is 1.69 bits per heavy atom. The number of carbonyl (C=O) groups is 1. The van der Waals surface area contributed by atoms with Gasteiger partial charge in [0.2, 0.25) is 5.91 Å². The third-order valence-electron chi connectivity index (χ3n) is 5.47. The number of carbonyl (C=O) groups excluding carboxylic acids is 1. The van der Waals surface area contributed by atoms with Crippen molar-refractivity contribution < 1.29 is 4.79 Å². The second kappa shape index (κ2) is 9.52. The van der Waals surface area contributed by atoms with E-state index in [1.54, 1.807) is 0 Å². The van der Waals surface area contributed by atoms with Crippen LogP contribution in [-0.2, 0) is 11.2 Å². The molecule has 0 radical (unpaired) electrons. The van der Waals surface area contributed by atoms with Crippen LogP contribution in [0.3, 0.4) is 0 Å². The van der Waals surface area contributed by atoms with Crippen molar-refractivity contribution in [1.29, 1.82) is 0 Å². The molecular weight excluding hydrogens is 360 g/mol. The number of para-hydroxylation sites is 1. The van der Waals surface area contributed by atoms with E-state index in [-0.39, 0.29) is 11.9 Å². The van der Waals surface area contributed by atoms with Gasteiger partial charge < -0.3 is 10.2 Å². The number of aryl methyl sites for hydroxylation is 1. The molecule has 1 atom stereocenters. The average molecular weight is 389 g/mol. The van der Waals surface area contributed by atoms with Crippen LogP contribution in [0.1, 0.15) is 36.4 Å². The lowest BCUT2D eigenvalue weighted by Crippen LogP contribution is -2.37. The van der Waals surface area contributed by atoms with Crippen molar-refractivity contribution in [1.82, 2.24) is 20.0 Å². The lowest BCUT2D eigenvalue weighted by molar-refractivity contribution is -0.121. The number of rotatable bonds is 8. The molecule has 1 saturated heterocycles. The Balaban J connectivity index is 1.35. The molecule has 1 unspecified atom stereocenters. The maximum Gasteiger partial charge on any atom is 0.220 e. The molecule has 0 aliphatic carbocycles. The largest absolute Gasteiger partial charge is 0.348 e. The number of hydrogen-bond acceptors (Lipinski definition) is 3. The first-order valence-electron chi connectivity index (χ1n) is 10.4. The first-order valence-corrected chi connectivity index (χ1v) is 10.4. The third kappa shape index (κ3) is 5.33. The van der Waals surface area contributed by atoms with E-state index < -0.39 is 0 Å². The summed E-state index contributed by atoms with van der Waals surface area (Å²) in [5.74, 6) is 0.0884. The standard InChI is InChI=1S/C24H28N4O/c29-24(14-13-20-17-25-28(18-20)22-11-5-2-6-12-22)26-23(19-27-15-7-8-16-27)21-9-3-1-4-10-21/h1-6,9-12,17-18,23H,7-8,13-16,19H2,(H,26,29). The van der Waals surface area contributed by atoms with Gasteiger partial charge in [-0.2, -0.15) is 5.10 Å². The van der Waals surface area contributed by atoms with Crippen LogP contribution in [0.4, 0.5) is 0 Å². The lowest BCUT2D eigenvalue weighted by atomic mass is 10.1. The predicted octanol–water partition coefficient (Wildman–Crippen LogP) is 3.76. The normalized spacial score (nSPS) is 15.3. The molecule has 5 nitrogen and oxygen atoms in total. The Morgan fingerprint density at radius 3 is 2.41 bits per heavy atom. The van der Waals surface area contributed by atoms with E-state index >= 15 is 0 Å². The Morgan fingerprint density at radius 1 is 1.00 bits per heavy atom. The van der Waals surface area contributed by atoms with Crippen molar-refractivity contribution in [2.75, 3.05) is 19.6 Å². The molecule has 1 fully saturated rings. The average Bonchev–Trinajstić information content (AvgIpc) is 3.45. The Kier molecular flexibility index (Phi) is 6.37. The number of likely N-dealkylation sites (tertiary alicyclic amines) is 1. The molecule has 0 bridgehead atoms. The highest BCUT2D eigenvalue weighted by Gasteiger charge is 2.20. The minimum absolute atomic E-state index is 0.0360. The monoisotopic (exact) mass is 388 g/mol. The van der Waals surface area contributed by atoms with E-state index in [9.17, 15) is 4.79 Å². The summed E-state index contributed by atoms with van der Waals surface area (Å²) in [6.07, 6.45) is 7.50. The van der Waals surface area contributed by atoms with Crippen molar-refractivity contribution in [2.24, 2.45) is 0 Å². The van der Waals surface area contributed by atoms with Gasteiger partial charge in [-0.15, -0.1) is 0 Å². The number of nitrogens with zero attached hydrogens (tertiary/aromatic N) is 3. The summed E-state index contributed by atoms with van der Waals surface area (Å²) in [5.41, 5.74) is 3.27. The first-order chi connectivity index (χ1) is 14.3. The molecule has 1 aromatic heterocycles. The molecule has 150 valence electrons. The summed E-state index contributed by atoms with van der Waals surface area (Å²) in [5, 5.41) is 7.68. The molecule has 1 aliphatic heterocycles. The van der Waals surface area contributed by atoms with Crippen LogP contribution in [0.15, 0.2) is 73.1 Å². The van der Waals surface area contributed by atoms with Crippen LogP contribution < -0.4 is 5.32 Å². The molecule has 1 aliphatic rings. The van der Waals surface area contributed by atoms with E-state index in [0.717, 1.165) is 30.9 Å². The van der Waals surface area contributed by atoms with Gasteiger partial charge in [0, 0.05) is 19.2 Å². The Labute approximate surface area is 172 Å². The van der Waals surface area contributed by atoms with Gasteiger partial charge in [0.05, 0.1) is 17.9 Å². The van der Waals surface area contributed by atoms with Crippen LogP contribution in [0.5, 0.6) is 0 Å². The number of benzene rings is 2. The highest BCUT2D eigenvalue weighted by atomic mass is 16.1. The molecule has 5 heteroatoms. The molecule has 1 amide bonds. The topological polar surface area (TPSA) is 50.2 Å². The van der Waals surface area contributed by atoms with E-state index in [1.807, 2.05) is 65.6 Å². The van der Waals surface area contributed by atoms with E-state index in [2.05, 4.69) is 27.4 Å².